The van der Waals surface area contributed by atoms with Crippen LogP contribution in [0.2, 0.25) is 0 Å². The summed E-state index contributed by atoms with van der Waals surface area (Å²) in [6.45, 7) is 2.15. The highest BCUT2D eigenvalue weighted by atomic mass is 16.5. The van der Waals surface area contributed by atoms with E-state index in [1.807, 2.05) is 12.1 Å². The highest BCUT2D eigenvalue weighted by molar-refractivity contribution is 5.79. The van der Waals surface area contributed by atoms with Crippen LogP contribution in [-0.2, 0) is 20.7 Å². The van der Waals surface area contributed by atoms with Gasteiger partial charge in [-0.1, -0.05) is 5.16 Å². The highest BCUT2D eigenvalue weighted by Crippen LogP contribution is 2.20. The molecule has 1 aliphatic heterocycles. The Morgan fingerprint density at radius 2 is 2.04 bits per heavy atom. The van der Waals surface area contributed by atoms with Crippen molar-refractivity contribution in [3.8, 4) is 17.1 Å². The second-order valence-corrected chi connectivity index (χ2v) is 6.31. The zero-order valence-electron chi connectivity index (χ0n) is 15.1. The van der Waals surface area contributed by atoms with Gasteiger partial charge in [0.2, 0.25) is 17.6 Å². The number of benzene rings is 1. The quantitative estimate of drug-likeness (QED) is 0.805. The minimum atomic E-state index is -1.07. The number of aliphatic carboxylic acids is 1. The molecule has 0 saturated carbocycles. The smallest absolute Gasteiger partial charge is 0.334 e. The maximum absolute atomic E-state index is 12.4. The van der Waals surface area contributed by atoms with Crippen molar-refractivity contribution in [3.05, 3.63) is 30.2 Å². The fraction of sp³-hybridized carbons (Fsp3) is 0.444. The van der Waals surface area contributed by atoms with Crippen molar-refractivity contribution in [3.63, 3.8) is 0 Å². The SMILES string of the molecule is COc1ccc(-c2noc(CCC(=O)N3CC(C(=O)O)O[C@H](C)C3)n2)cc1. The number of ether oxygens (including phenoxy) is 2. The Morgan fingerprint density at radius 3 is 2.70 bits per heavy atom. The van der Waals surface area contributed by atoms with E-state index in [1.54, 1.807) is 26.2 Å². The van der Waals surface area contributed by atoms with Crippen molar-refractivity contribution in [2.45, 2.75) is 32.0 Å². The van der Waals surface area contributed by atoms with Crippen LogP contribution in [0.5, 0.6) is 5.75 Å². The number of rotatable bonds is 6. The average molecular weight is 375 g/mol. The second-order valence-electron chi connectivity index (χ2n) is 6.31. The van der Waals surface area contributed by atoms with Crippen molar-refractivity contribution >= 4 is 11.9 Å². The molecule has 3 rings (SSSR count). The predicted octanol–water partition coefficient (Wildman–Crippen LogP) is 1.38. The van der Waals surface area contributed by atoms with Crippen LogP contribution >= 0.6 is 0 Å². The molecule has 0 spiro atoms. The van der Waals surface area contributed by atoms with Crippen LogP contribution in [0.1, 0.15) is 19.2 Å². The molecule has 144 valence electrons. The molecule has 9 nitrogen and oxygen atoms in total. The normalized spacial score (nSPS) is 19.7. The predicted molar refractivity (Wildman–Crippen MR) is 93.2 cm³/mol. The van der Waals surface area contributed by atoms with Crippen LogP contribution in [0.25, 0.3) is 11.4 Å². The van der Waals surface area contributed by atoms with Crippen LogP contribution in [0.3, 0.4) is 0 Å². The fourth-order valence-electron chi connectivity index (χ4n) is 2.88. The Kier molecular flexibility index (Phi) is 5.70. The Labute approximate surface area is 155 Å². The van der Waals surface area contributed by atoms with Crippen molar-refractivity contribution in [1.29, 1.82) is 0 Å². The molecule has 2 aromatic rings. The Bertz CT molecular complexity index is 804. The molecule has 2 heterocycles. The van der Waals surface area contributed by atoms with E-state index in [-0.39, 0.29) is 31.4 Å². The van der Waals surface area contributed by atoms with Crippen LogP contribution in [-0.4, -0.2) is 64.4 Å². The molecule has 1 unspecified atom stereocenters. The molecule has 0 bridgehead atoms. The molecule has 1 fully saturated rings. The van der Waals surface area contributed by atoms with Gasteiger partial charge in [-0.2, -0.15) is 4.98 Å². The van der Waals surface area contributed by atoms with Gasteiger partial charge in [-0.15, -0.1) is 0 Å². The number of nitrogens with zero attached hydrogens (tertiary/aromatic N) is 3. The number of carbonyl (C=O) groups is 2. The number of carboxylic acid groups (broad SMARTS) is 1. The first-order chi connectivity index (χ1) is 13.0. The van der Waals surface area contributed by atoms with E-state index in [0.717, 1.165) is 11.3 Å². The summed E-state index contributed by atoms with van der Waals surface area (Å²) in [5, 5.41) is 13.0. The van der Waals surface area contributed by atoms with Crippen molar-refractivity contribution < 1.29 is 28.7 Å². The third kappa shape index (κ3) is 4.62. The number of carboxylic acids is 1. The summed E-state index contributed by atoms with van der Waals surface area (Å²) in [6, 6.07) is 7.24. The molecule has 1 aromatic heterocycles. The van der Waals surface area contributed by atoms with Crippen LogP contribution in [0.4, 0.5) is 0 Å². The molecule has 1 aliphatic rings. The lowest BCUT2D eigenvalue weighted by Gasteiger charge is -2.34. The van der Waals surface area contributed by atoms with Gasteiger partial charge < -0.3 is 24.0 Å². The van der Waals surface area contributed by atoms with Crippen LogP contribution in [0.15, 0.2) is 28.8 Å². The fourth-order valence-corrected chi connectivity index (χ4v) is 2.88. The van der Waals surface area contributed by atoms with E-state index < -0.39 is 12.1 Å². The van der Waals surface area contributed by atoms with Gasteiger partial charge in [0.15, 0.2) is 6.10 Å². The first-order valence-electron chi connectivity index (χ1n) is 8.59. The molecule has 27 heavy (non-hydrogen) atoms. The van der Waals surface area contributed by atoms with Crippen molar-refractivity contribution in [1.82, 2.24) is 15.0 Å². The van der Waals surface area contributed by atoms with Gasteiger partial charge in [-0.05, 0) is 31.2 Å². The van der Waals surface area contributed by atoms with Gasteiger partial charge in [-0.3, -0.25) is 4.79 Å². The minimum absolute atomic E-state index is 0.0411. The number of amides is 1. The summed E-state index contributed by atoms with van der Waals surface area (Å²) in [7, 11) is 1.59. The third-order valence-electron chi connectivity index (χ3n) is 4.26. The molecular formula is C18H21N3O6. The van der Waals surface area contributed by atoms with Crippen molar-refractivity contribution in [2.24, 2.45) is 0 Å². The van der Waals surface area contributed by atoms with Gasteiger partial charge in [0.1, 0.15) is 5.75 Å². The Balaban J connectivity index is 1.57. The minimum Gasteiger partial charge on any atom is -0.497 e. The zero-order chi connectivity index (χ0) is 19.4. The summed E-state index contributed by atoms with van der Waals surface area (Å²) in [4.78, 5) is 29.3. The summed E-state index contributed by atoms with van der Waals surface area (Å²) < 4.78 is 15.6. The van der Waals surface area contributed by atoms with E-state index >= 15 is 0 Å². The molecular weight excluding hydrogens is 354 g/mol. The highest BCUT2D eigenvalue weighted by Gasteiger charge is 2.32. The zero-order valence-corrected chi connectivity index (χ0v) is 15.1. The molecule has 0 aliphatic carbocycles. The van der Waals surface area contributed by atoms with Gasteiger partial charge >= 0.3 is 5.97 Å². The standard InChI is InChI=1S/C18H21N3O6/c1-11-9-21(10-14(26-11)18(23)24)16(22)8-7-15-19-17(20-27-15)12-3-5-13(25-2)6-4-12/h3-6,11,14H,7-10H2,1-2H3,(H,23,24)/t11-,14?/m1/s1. The lowest BCUT2D eigenvalue weighted by Crippen LogP contribution is -2.51. The number of morpholine rings is 1. The van der Waals surface area contributed by atoms with Gasteiger partial charge in [-0.25, -0.2) is 4.79 Å². The molecule has 1 aromatic carbocycles. The summed E-state index contributed by atoms with van der Waals surface area (Å²) in [6.07, 6.45) is -0.883. The summed E-state index contributed by atoms with van der Waals surface area (Å²) >= 11 is 0. The molecule has 0 radical (unpaired) electrons. The van der Waals surface area contributed by atoms with Gasteiger partial charge in [0.05, 0.1) is 19.8 Å². The maximum Gasteiger partial charge on any atom is 0.334 e. The monoisotopic (exact) mass is 375 g/mol. The van der Waals surface area contributed by atoms with Gasteiger partial charge in [0.25, 0.3) is 0 Å². The number of hydrogen-bond donors (Lipinski definition) is 1. The van der Waals surface area contributed by atoms with E-state index in [9.17, 15) is 9.59 Å². The molecule has 9 heteroatoms. The molecule has 1 N–H and O–H groups in total. The first-order valence-corrected chi connectivity index (χ1v) is 8.59. The third-order valence-corrected chi connectivity index (χ3v) is 4.26. The van der Waals surface area contributed by atoms with E-state index in [2.05, 4.69) is 10.1 Å². The molecule has 1 amide bonds. The molecule has 2 atom stereocenters. The average Bonchev–Trinajstić information content (AvgIpc) is 3.14. The number of aryl methyl sites for hydroxylation is 1. The number of aromatic nitrogens is 2. The van der Waals surface area contributed by atoms with E-state index in [4.69, 9.17) is 19.1 Å². The largest absolute Gasteiger partial charge is 0.497 e. The lowest BCUT2D eigenvalue weighted by molar-refractivity contribution is -0.166. The topological polar surface area (TPSA) is 115 Å². The Hall–Kier alpha value is -2.94. The lowest BCUT2D eigenvalue weighted by atomic mass is 10.2. The van der Waals surface area contributed by atoms with E-state index in [1.165, 1.54) is 4.90 Å². The first kappa shape index (κ1) is 18.8. The summed E-state index contributed by atoms with van der Waals surface area (Å²) in [5.41, 5.74) is 0.781. The number of methoxy groups -OCH3 is 1. The van der Waals surface area contributed by atoms with E-state index in [0.29, 0.717) is 18.3 Å². The van der Waals surface area contributed by atoms with Crippen molar-refractivity contribution in [2.75, 3.05) is 20.2 Å². The number of carbonyl (C=O) groups excluding carboxylic acids is 1. The number of hydrogen-bond acceptors (Lipinski definition) is 7. The second kappa shape index (κ2) is 8.17. The summed E-state index contributed by atoms with van der Waals surface area (Å²) in [5.74, 6) is 0.282. The van der Waals surface area contributed by atoms with Crippen LogP contribution in [0, 0.1) is 0 Å². The van der Waals surface area contributed by atoms with Gasteiger partial charge in [0, 0.05) is 24.9 Å². The molecule has 1 saturated heterocycles. The Morgan fingerprint density at radius 1 is 1.30 bits per heavy atom. The maximum atomic E-state index is 12.4. The van der Waals surface area contributed by atoms with Crippen LogP contribution < -0.4 is 4.74 Å².